The molecule has 2 aliphatic rings. The highest BCUT2D eigenvalue weighted by Gasteiger charge is 2.47. The second-order valence-electron chi connectivity index (χ2n) is 9.04. The lowest BCUT2D eigenvalue weighted by atomic mass is 9.80. The lowest BCUT2D eigenvalue weighted by Crippen LogP contribution is -2.15. The van der Waals surface area contributed by atoms with E-state index < -0.39 is 24.0 Å². The zero-order valence-electron chi connectivity index (χ0n) is 18.3. The van der Waals surface area contributed by atoms with E-state index in [1.54, 1.807) is 42.5 Å². The second kappa shape index (κ2) is 7.58. The molecule has 176 valence electrons. The summed E-state index contributed by atoms with van der Waals surface area (Å²) in [7, 11) is 0. The minimum atomic E-state index is -1.18. The molecule has 4 aromatic carbocycles. The first kappa shape index (κ1) is 21.2. The summed E-state index contributed by atoms with van der Waals surface area (Å²) >= 11 is 0. The van der Waals surface area contributed by atoms with Gasteiger partial charge in [0.15, 0.2) is 0 Å². The van der Waals surface area contributed by atoms with E-state index in [1.807, 2.05) is 0 Å². The van der Waals surface area contributed by atoms with Crippen molar-refractivity contribution < 1.29 is 35.4 Å². The molecule has 0 fully saturated rings. The van der Waals surface area contributed by atoms with Crippen molar-refractivity contribution in [3.63, 3.8) is 0 Å². The van der Waals surface area contributed by atoms with Crippen molar-refractivity contribution in [3.8, 4) is 34.5 Å². The van der Waals surface area contributed by atoms with E-state index in [0.29, 0.717) is 33.6 Å². The Balaban J connectivity index is 1.67. The van der Waals surface area contributed by atoms with Crippen molar-refractivity contribution >= 4 is 0 Å². The quantitative estimate of drug-likeness (QED) is 0.251. The molecular weight excluding hydrogens is 448 g/mol. The number of aromatic hydroxyl groups is 5. The second-order valence-corrected chi connectivity index (χ2v) is 9.04. The highest BCUT2D eigenvalue weighted by molar-refractivity contribution is 5.65. The van der Waals surface area contributed by atoms with Crippen LogP contribution in [0.25, 0.3) is 0 Å². The van der Waals surface area contributed by atoms with E-state index in [9.17, 15) is 30.6 Å². The summed E-state index contributed by atoms with van der Waals surface area (Å²) in [5, 5.41) is 63.3. The highest BCUT2D eigenvalue weighted by atomic mass is 16.5. The van der Waals surface area contributed by atoms with E-state index in [0.717, 1.165) is 5.56 Å². The molecule has 7 nitrogen and oxygen atoms in total. The van der Waals surface area contributed by atoms with Crippen molar-refractivity contribution in [1.29, 1.82) is 0 Å². The molecule has 2 unspecified atom stereocenters. The van der Waals surface area contributed by atoms with Crippen molar-refractivity contribution in [2.75, 3.05) is 0 Å². The normalized spacial score (nSPS) is 22.1. The molecule has 0 spiro atoms. The molecule has 35 heavy (non-hydrogen) atoms. The molecule has 0 saturated carbocycles. The molecule has 0 bridgehead atoms. The maximum absolute atomic E-state index is 11.7. The molecule has 4 aromatic rings. The monoisotopic (exact) mass is 470 g/mol. The fourth-order valence-electron chi connectivity index (χ4n) is 5.52. The van der Waals surface area contributed by atoms with Crippen LogP contribution in [0.1, 0.15) is 57.4 Å². The molecule has 0 amide bonds. The van der Waals surface area contributed by atoms with Crippen LogP contribution in [0, 0.1) is 0 Å². The maximum Gasteiger partial charge on any atom is 0.135 e. The van der Waals surface area contributed by atoms with Gasteiger partial charge in [-0.3, -0.25) is 0 Å². The van der Waals surface area contributed by atoms with Gasteiger partial charge in [0, 0.05) is 29.2 Å². The zero-order valence-corrected chi connectivity index (χ0v) is 18.3. The minimum absolute atomic E-state index is 0.0622. The summed E-state index contributed by atoms with van der Waals surface area (Å²) in [5.74, 6) is -1.15. The number of phenolic OH excluding ortho intramolecular Hbond substituents is 5. The molecular formula is C28H22O7. The van der Waals surface area contributed by atoms with Crippen LogP contribution in [-0.2, 0) is 0 Å². The third kappa shape index (κ3) is 3.24. The zero-order chi connectivity index (χ0) is 24.4. The first-order valence-corrected chi connectivity index (χ1v) is 11.2. The highest BCUT2D eigenvalue weighted by Crippen LogP contribution is 2.60. The van der Waals surface area contributed by atoms with E-state index in [2.05, 4.69) is 0 Å². The molecule has 1 heterocycles. The molecule has 7 heteroatoms. The van der Waals surface area contributed by atoms with Gasteiger partial charge in [0.1, 0.15) is 40.6 Å². The summed E-state index contributed by atoms with van der Waals surface area (Å²) in [6.45, 7) is 0. The fourth-order valence-corrected chi connectivity index (χ4v) is 5.52. The molecule has 1 aliphatic carbocycles. The first-order valence-electron chi connectivity index (χ1n) is 11.2. The van der Waals surface area contributed by atoms with Gasteiger partial charge >= 0.3 is 0 Å². The van der Waals surface area contributed by atoms with Crippen molar-refractivity contribution in [2.45, 2.75) is 24.0 Å². The Labute approximate surface area is 200 Å². The fraction of sp³-hybridized carbons (Fsp3) is 0.143. The van der Waals surface area contributed by atoms with Gasteiger partial charge in [-0.15, -0.1) is 0 Å². The molecule has 0 saturated heterocycles. The molecule has 0 aromatic heterocycles. The Bertz CT molecular complexity index is 1440. The van der Waals surface area contributed by atoms with Gasteiger partial charge in [-0.25, -0.2) is 0 Å². The van der Waals surface area contributed by atoms with Crippen LogP contribution in [0.5, 0.6) is 34.5 Å². The summed E-state index contributed by atoms with van der Waals surface area (Å²) < 4.78 is 6.29. The lowest BCUT2D eigenvalue weighted by Gasteiger charge is -2.27. The Morgan fingerprint density at radius 1 is 0.543 bits per heavy atom. The third-order valence-electron chi connectivity index (χ3n) is 6.96. The number of ether oxygens (including phenoxy) is 1. The minimum Gasteiger partial charge on any atom is -0.508 e. The van der Waals surface area contributed by atoms with Crippen molar-refractivity contribution in [1.82, 2.24) is 0 Å². The SMILES string of the molecule is Oc1ccc([C@H]2c3c(O)cc(O)cc3C3c4c(cc(O)cc4C2O)O[C@@H]3c2ccc(O)cc2)cc1. The van der Waals surface area contributed by atoms with Crippen molar-refractivity contribution in [3.05, 3.63) is 106 Å². The topological polar surface area (TPSA) is 131 Å². The number of aliphatic hydroxyl groups excluding tert-OH is 1. The van der Waals surface area contributed by atoms with Gasteiger partial charge < -0.3 is 35.4 Å². The molecule has 6 rings (SSSR count). The lowest BCUT2D eigenvalue weighted by molar-refractivity contribution is 0.157. The molecule has 6 N–H and O–H groups in total. The van der Waals surface area contributed by atoms with E-state index in [4.69, 9.17) is 4.74 Å². The van der Waals surface area contributed by atoms with E-state index >= 15 is 0 Å². The standard InChI is InChI=1S/C28H22O7/c29-15-5-1-13(2-6-15)23-24-19(9-17(31)11-21(24)33)26-25-20(27(23)34)10-18(32)12-22(25)35-28(26)14-3-7-16(30)8-4-14/h1-12,23,26-34H/t23-,26?,27?,28+/m0/s1. The Morgan fingerprint density at radius 2 is 1.11 bits per heavy atom. The van der Waals surface area contributed by atoms with Gasteiger partial charge in [-0.05, 0) is 58.7 Å². The summed E-state index contributed by atoms with van der Waals surface area (Å²) in [6, 6.07) is 18.7. The van der Waals surface area contributed by atoms with Crippen LogP contribution in [-0.4, -0.2) is 30.6 Å². The van der Waals surface area contributed by atoms with E-state index in [1.165, 1.54) is 30.3 Å². The summed E-state index contributed by atoms with van der Waals surface area (Å²) in [4.78, 5) is 0. The Morgan fingerprint density at radius 3 is 1.77 bits per heavy atom. The third-order valence-corrected chi connectivity index (χ3v) is 6.96. The smallest absolute Gasteiger partial charge is 0.135 e. The number of fused-ring (bicyclic) bond motifs is 2. The molecule has 0 radical (unpaired) electrons. The number of aliphatic hydroxyl groups is 1. The summed E-state index contributed by atoms with van der Waals surface area (Å²) in [5.41, 5.74) is 3.46. The maximum atomic E-state index is 11.7. The van der Waals surface area contributed by atoms with Gasteiger partial charge in [0.25, 0.3) is 0 Å². The summed E-state index contributed by atoms with van der Waals surface area (Å²) in [6.07, 6.45) is -1.79. The van der Waals surface area contributed by atoms with Crippen LogP contribution in [0.4, 0.5) is 0 Å². The van der Waals surface area contributed by atoms with Gasteiger partial charge in [-0.1, -0.05) is 24.3 Å². The number of benzene rings is 4. The van der Waals surface area contributed by atoms with E-state index in [-0.39, 0.29) is 28.7 Å². The van der Waals surface area contributed by atoms with Crippen LogP contribution < -0.4 is 4.74 Å². The average Bonchev–Trinajstić information content (AvgIpc) is 3.15. The number of rotatable bonds is 2. The van der Waals surface area contributed by atoms with Crippen LogP contribution in [0.2, 0.25) is 0 Å². The predicted octanol–water partition coefficient (Wildman–Crippen LogP) is 4.66. The Hall–Kier alpha value is -4.36. The van der Waals surface area contributed by atoms with Crippen LogP contribution in [0.3, 0.4) is 0 Å². The van der Waals surface area contributed by atoms with Gasteiger partial charge in [0.2, 0.25) is 0 Å². The molecule has 1 aliphatic heterocycles. The van der Waals surface area contributed by atoms with Gasteiger partial charge in [0.05, 0.1) is 12.0 Å². The van der Waals surface area contributed by atoms with Crippen molar-refractivity contribution in [2.24, 2.45) is 0 Å². The van der Waals surface area contributed by atoms with Gasteiger partial charge in [-0.2, -0.15) is 0 Å². The first-order chi connectivity index (χ1) is 16.8. The number of hydrogen-bond acceptors (Lipinski definition) is 7. The average molecular weight is 470 g/mol. The molecule has 4 atom stereocenters. The Kier molecular flexibility index (Phi) is 4.59. The number of hydrogen-bond donors (Lipinski definition) is 6. The predicted molar refractivity (Wildman–Crippen MR) is 126 cm³/mol. The number of phenols is 5. The van der Waals surface area contributed by atoms with Crippen LogP contribution >= 0.6 is 0 Å². The van der Waals surface area contributed by atoms with Crippen LogP contribution in [0.15, 0.2) is 72.8 Å². The largest absolute Gasteiger partial charge is 0.508 e.